The molecule has 0 aliphatic rings. The average Bonchev–Trinajstić information content (AvgIpc) is 3.04. The molecule has 0 aliphatic heterocycles. The highest BCUT2D eigenvalue weighted by Gasteiger charge is 2.07. The molecule has 0 amide bonds. The van der Waals surface area contributed by atoms with Crippen LogP contribution in [-0.2, 0) is 19.4 Å². The topological polar surface area (TPSA) is 75.9 Å². The number of hydrogen-bond acceptors (Lipinski definition) is 5. The first-order valence-corrected chi connectivity index (χ1v) is 8.08. The normalized spacial score (nSPS) is 10.8. The van der Waals surface area contributed by atoms with Gasteiger partial charge in [0.1, 0.15) is 0 Å². The second kappa shape index (κ2) is 7.90. The van der Waals surface area contributed by atoms with E-state index in [4.69, 9.17) is 16.7 Å². The van der Waals surface area contributed by atoms with E-state index in [1.807, 2.05) is 18.2 Å². The first-order chi connectivity index (χ1) is 11.7. The lowest BCUT2D eigenvalue weighted by Crippen LogP contribution is -2.03. The third-order valence-corrected chi connectivity index (χ3v) is 3.84. The van der Waals surface area contributed by atoms with E-state index in [-0.39, 0.29) is 6.61 Å². The van der Waals surface area contributed by atoms with E-state index in [1.54, 1.807) is 23.3 Å². The highest BCUT2D eigenvalue weighted by molar-refractivity contribution is 6.31. The molecule has 2 N–H and O–H groups in total. The van der Waals surface area contributed by atoms with Crippen molar-refractivity contribution in [3.8, 4) is 0 Å². The molecule has 0 spiro atoms. The first-order valence-electron chi connectivity index (χ1n) is 7.70. The number of aryl methyl sites for hydroxylation is 2. The molecule has 0 unspecified atom stereocenters. The maximum atomic E-state index is 8.92. The number of benzene rings is 1. The van der Waals surface area contributed by atoms with Crippen LogP contribution in [-0.4, -0.2) is 31.5 Å². The van der Waals surface area contributed by atoms with E-state index >= 15 is 0 Å². The lowest BCUT2D eigenvalue weighted by Gasteiger charge is -2.07. The maximum Gasteiger partial charge on any atom is 0.227 e. The van der Waals surface area contributed by atoms with Gasteiger partial charge < -0.3 is 10.4 Å². The maximum absolute atomic E-state index is 8.92. The summed E-state index contributed by atoms with van der Waals surface area (Å²) in [6, 6.07) is 10.2. The molecule has 0 fully saturated rings. The van der Waals surface area contributed by atoms with Crippen molar-refractivity contribution >= 4 is 23.2 Å². The van der Waals surface area contributed by atoms with Gasteiger partial charge in [0.25, 0.3) is 0 Å². The molecule has 6 nitrogen and oxygen atoms in total. The second-order valence-electron chi connectivity index (χ2n) is 5.31. The molecule has 3 aromatic rings. The van der Waals surface area contributed by atoms with Gasteiger partial charge in [-0.3, -0.25) is 4.68 Å². The van der Waals surface area contributed by atoms with Crippen molar-refractivity contribution in [1.29, 1.82) is 0 Å². The Kier molecular flexibility index (Phi) is 5.40. The second-order valence-corrected chi connectivity index (χ2v) is 5.72. The van der Waals surface area contributed by atoms with Crippen LogP contribution in [0.25, 0.3) is 0 Å². The molecule has 1 aromatic carbocycles. The standard InChI is InChI=1S/C17H18ClN5O/c18-15-11-19-17(21-14-10-20-23(12-14)8-9-24)22-16(15)7-6-13-4-2-1-3-5-13/h1-5,10-12,24H,6-9H2,(H,19,21,22). The van der Waals surface area contributed by atoms with Gasteiger partial charge in [-0.15, -0.1) is 0 Å². The molecule has 124 valence electrons. The van der Waals surface area contributed by atoms with Crippen molar-refractivity contribution in [2.75, 3.05) is 11.9 Å². The monoisotopic (exact) mass is 343 g/mol. The Morgan fingerprint density at radius 3 is 2.75 bits per heavy atom. The number of nitrogens with zero attached hydrogens (tertiary/aromatic N) is 4. The number of aliphatic hydroxyl groups excluding tert-OH is 1. The molecule has 7 heteroatoms. The van der Waals surface area contributed by atoms with E-state index < -0.39 is 0 Å². The SMILES string of the molecule is OCCn1cc(Nc2ncc(Cl)c(CCc3ccccc3)n2)cn1. The number of anilines is 2. The first kappa shape index (κ1) is 16.4. The van der Waals surface area contributed by atoms with Crippen LogP contribution in [0.2, 0.25) is 5.02 Å². The number of halogens is 1. The third-order valence-electron chi connectivity index (χ3n) is 3.53. The average molecular weight is 344 g/mol. The minimum absolute atomic E-state index is 0.0438. The summed E-state index contributed by atoms with van der Waals surface area (Å²) in [7, 11) is 0. The van der Waals surface area contributed by atoms with Gasteiger partial charge in [0.2, 0.25) is 5.95 Å². The number of aromatic nitrogens is 4. The molecule has 0 saturated heterocycles. The van der Waals surface area contributed by atoms with E-state index in [9.17, 15) is 0 Å². The molecule has 0 saturated carbocycles. The molecule has 0 radical (unpaired) electrons. The highest BCUT2D eigenvalue weighted by atomic mass is 35.5. The summed E-state index contributed by atoms with van der Waals surface area (Å²) in [5.41, 5.74) is 2.81. The summed E-state index contributed by atoms with van der Waals surface area (Å²) in [6.45, 7) is 0.494. The Morgan fingerprint density at radius 2 is 1.96 bits per heavy atom. The molecular weight excluding hydrogens is 326 g/mol. The van der Waals surface area contributed by atoms with Crippen LogP contribution in [0.3, 0.4) is 0 Å². The van der Waals surface area contributed by atoms with Gasteiger partial charge in [-0.2, -0.15) is 5.10 Å². The Balaban J connectivity index is 1.68. The van der Waals surface area contributed by atoms with Crippen molar-refractivity contribution in [3.63, 3.8) is 0 Å². The van der Waals surface area contributed by atoms with Gasteiger partial charge in [-0.05, 0) is 18.4 Å². The molecule has 2 aromatic heterocycles. The van der Waals surface area contributed by atoms with Crippen molar-refractivity contribution < 1.29 is 5.11 Å². The van der Waals surface area contributed by atoms with Crippen molar-refractivity contribution in [2.24, 2.45) is 0 Å². The van der Waals surface area contributed by atoms with E-state index in [0.717, 1.165) is 24.2 Å². The van der Waals surface area contributed by atoms with E-state index in [0.29, 0.717) is 17.5 Å². The molecule has 3 rings (SSSR count). The van der Waals surface area contributed by atoms with Crippen molar-refractivity contribution in [3.05, 3.63) is 65.2 Å². The van der Waals surface area contributed by atoms with Crippen LogP contribution in [0.5, 0.6) is 0 Å². The minimum atomic E-state index is 0.0438. The number of rotatable bonds is 7. The zero-order chi connectivity index (χ0) is 16.8. The zero-order valence-corrected chi connectivity index (χ0v) is 13.8. The largest absolute Gasteiger partial charge is 0.394 e. The third kappa shape index (κ3) is 4.31. The highest BCUT2D eigenvalue weighted by Crippen LogP contribution is 2.19. The Bertz CT molecular complexity index is 791. The fourth-order valence-electron chi connectivity index (χ4n) is 2.33. The van der Waals surface area contributed by atoms with E-state index in [1.165, 1.54) is 5.56 Å². The Hall–Kier alpha value is -2.44. The summed E-state index contributed by atoms with van der Waals surface area (Å²) >= 11 is 6.21. The van der Waals surface area contributed by atoms with Gasteiger partial charge in [0.15, 0.2) is 0 Å². The van der Waals surface area contributed by atoms with Gasteiger partial charge in [0.05, 0.1) is 41.9 Å². The zero-order valence-electron chi connectivity index (χ0n) is 13.1. The summed E-state index contributed by atoms with van der Waals surface area (Å²) in [4.78, 5) is 8.70. The summed E-state index contributed by atoms with van der Waals surface area (Å²) in [5, 5.41) is 16.7. The fourth-order valence-corrected chi connectivity index (χ4v) is 2.51. The summed E-state index contributed by atoms with van der Waals surface area (Å²) in [6.07, 6.45) is 6.67. The van der Waals surface area contributed by atoms with Crippen LogP contribution in [0, 0.1) is 0 Å². The van der Waals surface area contributed by atoms with Crippen LogP contribution < -0.4 is 5.32 Å². The van der Waals surface area contributed by atoms with Gasteiger partial charge in [-0.25, -0.2) is 9.97 Å². The number of hydrogen-bond donors (Lipinski definition) is 2. The lowest BCUT2D eigenvalue weighted by molar-refractivity contribution is 0.269. The molecule has 2 heterocycles. The van der Waals surface area contributed by atoms with Gasteiger partial charge in [0, 0.05) is 6.20 Å². The number of nitrogens with one attached hydrogen (secondary N) is 1. The summed E-state index contributed by atoms with van der Waals surface area (Å²) in [5.74, 6) is 0.478. The fraction of sp³-hybridized carbons (Fsp3) is 0.235. The quantitative estimate of drug-likeness (QED) is 0.690. The minimum Gasteiger partial charge on any atom is -0.394 e. The van der Waals surface area contributed by atoms with Crippen molar-refractivity contribution in [2.45, 2.75) is 19.4 Å². The molecule has 24 heavy (non-hydrogen) atoms. The van der Waals surface area contributed by atoms with Crippen molar-refractivity contribution in [1.82, 2.24) is 19.7 Å². The Morgan fingerprint density at radius 1 is 1.12 bits per heavy atom. The molecular formula is C17H18ClN5O. The predicted molar refractivity (Wildman–Crippen MR) is 93.5 cm³/mol. The van der Waals surface area contributed by atoms with Gasteiger partial charge >= 0.3 is 0 Å². The van der Waals surface area contributed by atoms with Crippen LogP contribution in [0.15, 0.2) is 48.9 Å². The van der Waals surface area contributed by atoms with E-state index in [2.05, 4.69) is 32.5 Å². The molecule has 0 bridgehead atoms. The van der Waals surface area contributed by atoms with Crippen LogP contribution >= 0.6 is 11.6 Å². The predicted octanol–water partition coefficient (Wildman–Crippen LogP) is 2.85. The number of aliphatic hydroxyl groups is 1. The molecule has 0 atom stereocenters. The van der Waals surface area contributed by atoms with Gasteiger partial charge in [-0.1, -0.05) is 41.9 Å². The van der Waals surface area contributed by atoms with Crippen LogP contribution in [0.1, 0.15) is 11.3 Å². The van der Waals surface area contributed by atoms with Crippen LogP contribution in [0.4, 0.5) is 11.6 Å². The Labute approximate surface area is 145 Å². The lowest BCUT2D eigenvalue weighted by atomic mass is 10.1. The molecule has 0 aliphatic carbocycles. The smallest absolute Gasteiger partial charge is 0.227 e. The summed E-state index contributed by atoms with van der Waals surface area (Å²) < 4.78 is 1.65.